The Kier molecular flexibility index (Phi) is 8.59. The first-order chi connectivity index (χ1) is 14.3. The van der Waals surface area contributed by atoms with Crippen molar-refractivity contribution in [3.8, 4) is 5.75 Å². The second-order valence-electron chi connectivity index (χ2n) is 7.55. The lowest BCUT2D eigenvalue weighted by Gasteiger charge is -2.16. The predicted molar refractivity (Wildman–Crippen MR) is 114 cm³/mol. The first-order valence-corrected chi connectivity index (χ1v) is 9.99. The molecule has 2 rings (SSSR count). The predicted octanol–water partition coefficient (Wildman–Crippen LogP) is 3.36. The minimum atomic E-state index is -0.670. The van der Waals surface area contributed by atoms with Gasteiger partial charge in [-0.15, -0.1) is 0 Å². The largest absolute Gasteiger partial charge is 0.482 e. The Hall–Kier alpha value is -3.15. The number of Topliss-reactive ketones (excluding diaryl/α,β-unsaturated/α-hetero) is 1. The van der Waals surface area contributed by atoms with E-state index in [0.717, 1.165) is 16.7 Å². The van der Waals surface area contributed by atoms with Crippen molar-refractivity contribution >= 4 is 17.7 Å². The fourth-order valence-corrected chi connectivity index (χ4v) is 2.84. The number of hydrogen-bond donors (Lipinski definition) is 1. The zero-order valence-electron chi connectivity index (χ0n) is 17.9. The van der Waals surface area contributed by atoms with E-state index in [0.29, 0.717) is 18.1 Å². The number of amides is 1. The van der Waals surface area contributed by atoms with E-state index in [-0.39, 0.29) is 12.4 Å². The molecule has 0 aliphatic carbocycles. The third kappa shape index (κ3) is 7.35. The Bertz CT molecular complexity index is 876. The molecule has 1 amide bonds. The smallest absolute Gasteiger partial charge is 0.344 e. The third-order valence-corrected chi connectivity index (χ3v) is 4.70. The maximum absolute atomic E-state index is 12.1. The highest BCUT2D eigenvalue weighted by Crippen LogP contribution is 2.24. The summed E-state index contributed by atoms with van der Waals surface area (Å²) in [6.07, 6.45) is 0.379. The molecule has 2 aromatic rings. The highest BCUT2D eigenvalue weighted by molar-refractivity contribution is 5.88. The first kappa shape index (κ1) is 23.1. The standard InChI is InChI=1S/C24H29NO5/c1-16(2)20-11-10-17(3)22(13-20)29-15-24(28)30-14-23(27)25-21(18(4)26)12-19-8-6-5-7-9-19/h5-11,13,16,21H,12,14-15H2,1-4H3,(H,25,27)/t21-/m0/s1. The van der Waals surface area contributed by atoms with Crippen LogP contribution in [0.15, 0.2) is 48.5 Å². The molecule has 0 aliphatic rings. The highest BCUT2D eigenvalue weighted by atomic mass is 16.6. The first-order valence-electron chi connectivity index (χ1n) is 9.99. The summed E-state index contributed by atoms with van der Waals surface area (Å²) in [5.74, 6) is -0.391. The van der Waals surface area contributed by atoms with E-state index in [1.807, 2.05) is 55.5 Å². The fraction of sp³-hybridized carbons (Fsp3) is 0.375. The highest BCUT2D eigenvalue weighted by Gasteiger charge is 2.19. The summed E-state index contributed by atoms with van der Waals surface area (Å²) in [6, 6.07) is 14.6. The van der Waals surface area contributed by atoms with Gasteiger partial charge >= 0.3 is 5.97 Å². The summed E-state index contributed by atoms with van der Waals surface area (Å²) < 4.78 is 10.5. The second-order valence-corrected chi connectivity index (χ2v) is 7.55. The Balaban J connectivity index is 1.81. The molecule has 1 atom stereocenters. The quantitative estimate of drug-likeness (QED) is 0.607. The topological polar surface area (TPSA) is 81.7 Å². The lowest BCUT2D eigenvalue weighted by molar-refractivity contribution is -0.150. The molecule has 0 bridgehead atoms. The molecular weight excluding hydrogens is 382 g/mol. The van der Waals surface area contributed by atoms with Crippen molar-refractivity contribution in [2.24, 2.45) is 0 Å². The normalized spacial score (nSPS) is 11.6. The lowest BCUT2D eigenvalue weighted by Crippen LogP contribution is -2.43. The van der Waals surface area contributed by atoms with E-state index in [1.54, 1.807) is 0 Å². The lowest BCUT2D eigenvalue weighted by atomic mass is 10.0. The van der Waals surface area contributed by atoms with E-state index in [9.17, 15) is 14.4 Å². The van der Waals surface area contributed by atoms with Gasteiger partial charge in [-0.3, -0.25) is 9.59 Å². The summed E-state index contributed by atoms with van der Waals surface area (Å²) in [6.45, 7) is 6.71. The van der Waals surface area contributed by atoms with Crippen molar-refractivity contribution in [1.82, 2.24) is 5.32 Å². The van der Waals surface area contributed by atoms with Gasteiger partial charge in [0.15, 0.2) is 19.0 Å². The van der Waals surface area contributed by atoms with Gasteiger partial charge in [-0.1, -0.05) is 56.3 Å². The van der Waals surface area contributed by atoms with Crippen molar-refractivity contribution < 1.29 is 23.9 Å². The molecule has 0 aliphatic heterocycles. The summed E-state index contributed by atoms with van der Waals surface area (Å²) in [4.78, 5) is 35.9. The van der Waals surface area contributed by atoms with E-state index in [1.165, 1.54) is 6.92 Å². The van der Waals surface area contributed by atoms with Gasteiger partial charge in [0.05, 0.1) is 6.04 Å². The number of rotatable bonds is 10. The average Bonchev–Trinajstić information content (AvgIpc) is 2.71. The minimum absolute atomic E-state index is 0.164. The van der Waals surface area contributed by atoms with Crippen LogP contribution < -0.4 is 10.1 Å². The van der Waals surface area contributed by atoms with Gasteiger partial charge in [0.25, 0.3) is 5.91 Å². The van der Waals surface area contributed by atoms with Crippen LogP contribution in [0.5, 0.6) is 5.75 Å². The second kappa shape index (κ2) is 11.1. The number of hydrogen-bond acceptors (Lipinski definition) is 5. The molecular formula is C24H29NO5. The van der Waals surface area contributed by atoms with Gasteiger partial charge in [-0.25, -0.2) is 4.79 Å². The van der Waals surface area contributed by atoms with Gasteiger partial charge in [0.1, 0.15) is 5.75 Å². The van der Waals surface area contributed by atoms with Crippen LogP contribution in [0, 0.1) is 6.92 Å². The SMILES string of the molecule is CC(=O)[C@H](Cc1ccccc1)NC(=O)COC(=O)COc1cc(C(C)C)ccc1C. The molecule has 0 spiro atoms. The van der Waals surface area contributed by atoms with Crippen molar-refractivity contribution in [2.75, 3.05) is 13.2 Å². The van der Waals surface area contributed by atoms with Crippen LogP contribution in [0.25, 0.3) is 0 Å². The Morgan fingerprint density at radius 3 is 2.33 bits per heavy atom. The zero-order chi connectivity index (χ0) is 22.1. The van der Waals surface area contributed by atoms with Gasteiger partial charge in [-0.05, 0) is 48.9 Å². The molecule has 6 nitrogen and oxygen atoms in total. The maximum atomic E-state index is 12.1. The minimum Gasteiger partial charge on any atom is -0.482 e. The molecule has 0 saturated carbocycles. The van der Waals surface area contributed by atoms with E-state index >= 15 is 0 Å². The molecule has 2 aromatic carbocycles. The number of carbonyl (C=O) groups is 3. The van der Waals surface area contributed by atoms with Crippen LogP contribution in [0.4, 0.5) is 0 Å². The Labute approximate surface area is 177 Å². The monoisotopic (exact) mass is 411 g/mol. The van der Waals surface area contributed by atoms with E-state index < -0.39 is 24.5 Å². The van der Waals surface area contributed by atoms with Gasteiger partial charge in [-0.2, -0.15) is 0 Å². The Morgan fingerprint density at radius 1 is 1.00 bits per heavy atom. The number of aryl methyl sites for hydroxylation is 1. The number of esters is 1. The molecule has 1 N–H and O–H groups in total. The van der Waals surface area contributed by atoms with Crippen LogP contribution in [0.1, 0.15) is 43.4 Å². The maximum Gasteiger partial charge on any atom is 0.344 e. The zero-order valence-corrected chi connectivity index (χ0v) is 17.9. The Morgan fingerprint density at radius 2 is 1.70 bits per heavy atom. The number of carbonyl (C=O) groups excluding carboxylic acids is 3. The summed E-state index contributed by atoms with van der Waals surface area (Å²) >= 11 is 0. The number of ether oxygens (including phenoxy) is 2. The van der Waals surface area contributed by atoms with E-state index in [2.05, 4.69) is 19.2 Å². The fourth-order valence-electron chi connectivity index (χ4n) is 2.84. The van der Waals surface area contributed by atoms with Gasteiger partial charge in [0.2, 0.25) is 0 Å². The average molecular weight is 411 g/mol. The molecule has 6 heteroatoms. The van der Waals surface area contributed by atoms with Crippen LogP contribution in [-0.4, -0.2) is 36.9 Å². The molecule has 30 heavy (non-hydrogen) atoms. The summed E-state index contributed by atoms with van der Waals surface area (Å²) in [5.41, 5.74) is 2.95. The van der Waals surface area contributed by atoms with Gasteiger partial charge < -0.3 is 14.8 Å². The molecule has 0 unspecified atom stereocenters. The van der Waals surface area contributed by atoms with E-state index in [4.69, 9.17) is 9.47 Å². The number of benzene rings is 2. The van der Waals surface area contributed by atoms with Gasteiger partial charge in [0, 0.05) is 0 Å². The summed E-state index contributed by atoms with van der Waals surface area (Å²) in [5, 5.41) is 2.62. The van der Waals surface area contributed by atoms with Crippen LogP contribution in [0.2, 0.25) is 0 Å². The third-order valence-electron chi connectivity index (χ3n) is 4.70. The van der Waals surface area contributed by atoms with Crippen molar-refractivity contribution in [3.05, 3.63) is 65.2 Å². The molecule has 160 valence electrons. The molecule has 0 radical (unpaired) electrons. The van der Waals surface area contributed by atoms with Crippen LogP contribution in [-0.2, 0) is 25.5 Å². The molecule has 0 aromatic heterocycles. The van der Waals surface area contributed by atoms with Crippen LogP contribution >= 0.6 is 0 Å². The van der Waals surface area contributed by atoms with Crippen molar-refractivity contribution in [1.29, 1.82) is 0 Å². The molecule has 0 heterocycles. The molecule has 0 fully saturated rings. The summed E-state index contributed by atoms with van der Waals surface area (Å²) in [7, 11) is 0. The molecule has 0 saturated heterocycles. The van der Waals surface area contributed by atoms with Crippen LogP contribution in [0.3, 0.4) is 0 Å². The number of ketones is 1. The number of nitrogens with one attached hydrogen (secondary N) is 1. The van der Waals surface area contributed by atoms with Crippen molar-refractivity contribution in [3.63, 3.8) is 0 Å². The van der Waals surface area contributed by atoms with Crippen molar-refractivity contribution in [2.45, 2.75) is 46.1 Å².